The predicted octanol–water partition coefficient (Wildman–Crippen LogP) is 2.48. The van der Waals surface area contributed by atoms with E-state index in [2.05, 4.69) is 48.2 Å². The maximum absolute atomic E-state index is 5.29. The number of hydrogen-bond acceptors (Lipinski definition) is 4. The summed E-state index contributed by atoms with van der Waals surface area (Å²) in [5.41, 5.74) is 1.29. The SMILES string of the molecule is COc1cccc(C(C)(C)CNC2=NCCN2C)c1.I. The quantitative estimate of drug-likeness (QED) is 0.805. The fourth-order valence-electron chi connectivity index (χ4n) is 2.17. The minimum atomic E-state index is 0. The molecular formula is C15H24IN3O. The minimum absolute atomic E-state index is 0. The van der Waals surface area contributed by atoms with Crippen LogP contribution >= 0.6 is 24.0 Å². The Kier molecular flexibility index (Phi) is 6.10. The molecule has 1 heterocycles. The van der Waals surface area contributed by atoms with Crippen molar-refractivity contribution in [2.45, 2.75) is 19.3 Å². The molecule has 1 aliphatic rings. The van der Waals surface area contributed by atoms with E-state index in [0.717, 1.165) is 31.3 Å². The van der Waals surface area contributed by atoms with Crippen LogP contribution in [0.4, 0.5) is 0 Å². The highest BCUT2D eigenvalue weighted by Gasteiger charge is 2.23. The smallest absolute Gasteiger partial charge is 0.193 e. The number of guanidine groups is 1. The lowest BCUT2D eigenvalue weighted by Crippen LogP contribution is -2.42. The first-order chi connectivity index (χ1) is 9.03. The molecule has 1 aliphatic heterocycles. The van der Waals surface area contributed by atoms with E-state index in [9.17, 15) is 0 Å². The van der Waals surface area contributed by atoms with Crippen LogP contribution < -0.4 is 10.1 Å². The summed E-state index contributed by atoms with van der Waals surface area (Å²) in [4.78, 5) is 6.61. The van der Waals surface area contributed by atoms with Crippen molar-refractivity contribution in [2.75, 3.05) is 33.8 Å². The van der Waals surface area contributed by atoms with Gasteiger partial charge in [0.05, 0.1) is 13.7 Å². The monoisotopic (exact) mass is 389 g/mol. The zero-order valence-electron chi connectivity index (χ0n) is 12.6. The highest BCUT2D eigenvalue weighted by molar-refractivity contribution is 14.0. The molecule has 0 saturated heterocycles. The topological polar surface area (TPSA) is 36.9 Å². The maximum atomic E-state index is 5.29. The van der Waals surface area contributed by atoms with E-state index in [1.807, 2.05) is 12.1 Å². The summed E-state index contributed by atoms with van der Waals surface area (Å²) in [6.07, 6.45) is 0. The molecule has 0 spiro atoms. The normalized spacial score (nSPS) is 14.6. The maximum Gasteiger partial charge on any atom is 0.193 e. The van der Waals surface area contributed by atoms with Gasteiger partial charge in [0, 0.05) is 25.6 Å². The summed E-state index contributed by atoms with van der Waals surface area (Å²) in [5, 5.41) is 3.44. The molecule has 0 atom stereocenters. The number of hydrogen-bond donors (Lipinski definition) is 1. The fraction of sp³-hybridized carbons (Fsp3) is 0.533. The van der Waals surface area contributed by atoms with Gasteiger partial charge in [-0.2, -0.15) is 0 Å². The second kappa shape index (κ2) is 7.15. The Morgan fingerprint density at radius 1 is 1.40 bits per heavy atom. The van der Waals surface area contributed by atoms with E-state index in [1.165, 1.54) is 5.56 Å². The lowest BCUT2D eigenvalue weighted by atomic mass is 9.84. The van der Waals surface area contributed by atoms with Crippen molar-refractivity contribution in [3.8, 4) is 5.75 Å². The molecule has 0 aliphatic carbocycles. The van der Waals surface area contributed by atoms with Crippen LogP contribution in [-0.2, 0) is 5.41 Å². The molecule has 1 N–H and O–H groups in total. The van der Waals surface area contributed by atoms with Crippen molar-refractivity contribution in [1.82, 2.24) is 10.2 Å². The van der Waals surface area contributed by atoms with Crippen molar-refractivity contribution >= 4 is 29.9 Å². The lowest BCUT2D eigenvalue weighted by molar-refractivity contribution is 0.411. The Morgan fingerprint density at radius 3 is 2.75 bits per heavy atom. The first kappa shape index (κ1) is 17.1. The second-order valence-electron chi connectivity index (χ2n) is 5.60. The highest BCUT2D eigenvalue weighted by Crippen LogP contribution is 2.25. The molecule has 1 aromatic carbocycles. The van der Waals surface area contributed by atoms with Gasteiger partial charge >= 0.3 is 0 Å². The van der Waals surface area contributed by atoms with Gasteiger partial charge in [-0.25, -0.2) is 0 Å². The van der Waals surface area contributed by atoms with E-state index >= 15 is 0 Å². The van der Waals surface area contributed by atoms with Crippen LogP contribution in [0.15, 0.2) is 29.3 Å². The van der Waals surface area contributed by atoms with Gasteiger partial charge in [0.2, 0.25) is 0 Å². The molecule has 0 saturated carbocycles. The molecule has 112 valence electrons. The Labute approximate surface area is 138 Å². The largest absolute Gasteiger partial charge is 0.497 e. The number of aliphatic imine (C=N–C) groups is 1. The van der Waals surface area contributed by atoms with Crippen LogP contribution in [0, 0.1) is 0 Å². The molecule has 4 nitrogen and oxygen atoms in total. The number of rotatable bonds is 4. The molecule has 0 aromatic heterocycles. The first-order valence-electron chi connectivity index (χ1n) is 6.67. The summed E-state index contributed by atoms with van der Waals surface area (Å²) >= 11 is 0. The molecule has 5 heteroatoms. The van der Waals surface area contributed by atoms with Crippen molar-refractivity contribution in [3.05, 3.63) is 29.8 Å². The Bertz CT molecular complexity index is 474. The van der Waals surface area contributed by atoms with E-state index in [-0.39, 0.29) is 29.4 Å². The van der Waals surface area contributed by atoms with Gasteiger partial charge in [-0.1, -0.05) is 26.0 Å². The van der Waals surface area contributed by atoms with Gasteiger partial charge in [0.1, 0.15) is 5.75 Å². The third kappa shape index (κ3) is 4.01. The molecule has 1 aromatic rings. The van der Waals surface area contributed by atoms with Crippen molar-refractivity contribution < 1.29 is 4.74 Å². The zero-order valence-corrected chi connectivity index (χ0v) is 15.0. The van der Waals surface area contributed by atoms with Gasteiger partial charge in [0.15, 0.2) is 5.96 Å². The molecule has 0 amide bonds. The summed E-state index contributed by atoms with van der Waals surface area (Å²) in [6.45, 7) is 7.19. The predicted molar refractivity (Wildman–Crippen MR) is 94.4 cm³/mol. The zero-order chi connectivity index (χ0) is 13.9. The van der Waals surface area contributed by atoms with Crippen molar-refractivity contribution in [3.63, 3.8) is 0 Å². The fourth-order valence-corrected chi connectivity index (χ4v) is 2.17. The van der Waals surface area contributed by atoms with Crippen LogP contribution in [0.3, 0.4) is 0 Å². The molecule has 0 fully saturated rings. The summed E-state index contributed by atoms with van der Waals surface area (Å²) in [5.74, 6) is 1.90. The van der Waals surface area contributed by atoms with Crippen LogP contribution in [0.2, 0.25) is 0 Å². The molecular weight excluding hydrogens is 365 g/mol. The first-order valence-corrected chi connectivity index (χ1v) is 6.67. The Balaban J connectivity index is 0.00000200. The lowest BCUT2D eigenvalue weighted by Gasteiger charge is -2.27. The number of nitrogens with one attached hydrogen (secondary N) is 1. The van der Waals surface area contributed by atoms with Gasteiger partial charge in [-0.3, -0.25) is 4.99 Å². The van der Waals surface area contributed by atoms with E-state index in [4.69, 9.17) is 4.74 Å². The molecule has 0 radical (unpaired) electrons. The molecule has 20 heavy (non-hydrogen) atoms. The van der Waals surface area contributed by atoms with Crippen molar-refractivity contribution in [1.29, 1.82) is 0 Å². The number of ether oxygens (including phenoxy) is 1. The van der Waals surface area contributed by atoms with Crippen LogP contribution in [0.1, 0.15) is 19.4 Å². The summed E-state index contributed by atoms with van der Waals surface area (Å²) in [7, 11) is 3.77. The second-order valence-corrected chi connectivity index (χ2v) is 5.60. The van der Waals surface area contributed by atoms with E-state index in [0.29, 0.717) is 0 Å². The third-order valence-electron chi connectivity index (χ3n) is 3.60. The summed E-state index contributed by atoms with van der Waals surface area (Å²) in [6, 6.07) is 8.25. The van der Waals surface area contributed by atoms with Gasteiger partial charge in [0.25, 0.3) is 0 Å². The number of benzene rings is 1. The Hall–Kier alpha value is -0.980. The Morgan fingerprint density at radius 2 is 2.15 bits per heavy atom. The molecule has 2 rings (SSSR count). The molecule has 0 unspecified atom stereocenters. The van der Waals surface area contributed by atoms with Gasteiger partial charge < -0.3 is 15.0 Å². The number of nitrogens with zero attached hydrogens (tertiary/aromatic N) is 2. The third-order valence-corrected chi connectivity index (χ3v) is 3.60. The summed E-state index contributed by atoms with van der Waals surface area (Å²) < 4.78 is 5.29. The van der Waals surface area contributed by atoms with Crippen LogP contribution in [-0.4, -0.2) is 44.7 Å². The average molecular weight is 389 g/mol. The number of methoxy groups -OCH3 is 1. The number of likely N-dealkylation sites (N-methyl/N-ethyl adjacent to an activating group) is 1. The minimum Gasteiger partial charge on any atom is -0.497 e. The average Bonchev–Trinajstić information content (AvgIpc) is 2.82. The number of halogens is 1. The van der Waals surface area contributed by atoms with Gasteiger partial charge in [-0.05, 0) is 17.7 Å². The van der Waals surface area contributed by atoms with Crippen molar-refractivity contribution in [2.24, 2.45) is 4.99 Å². The van der Waals surface area contributed by atoms with Crippen LogP contribution in [0.5, 0.6) is 5.75 Å². The van der Waals surface area contributed by atoms with Gasteiger partial charge in [-0.15, -0.1) is 24.0 Å². The van der Waals surface area contributed by atoms with E-state index < -0.39 is 0 Å². The van der Waals surface area contributed by atoms with Crippen LogP contribution in [0.25, 0.3) is 0 Å². The standard InChI is InChI=1S/C15H23N3O.HI/c1-15(2,11-17-14-16-8-9-18(14)3)12-6-5-7-13(10-12)19-4;/h5-7,10H,8-9,11H2,1-4H3,(H,16,17);1H. The highest BCUT2D eigenvalue weighted by atomic mass is 127. The van der Waals surface area contributed by atoms with E-state index in [1.54, 1.807) is 7.11 Å². The molecule has 0 bridgehead atoms.